The van der Waals surface area contributed by atoms with Crippen LogP contribution in [0.2, 0.25) is 0 Å². The summed E-state index contributed by atoms with van der Waals surface area (Å²) in [5.74, 6) is 0.697. The van der Waals surface area contributed by atoms with Gasteiger partial charge in [0.2, 0.25) is 0 Å². The second-order valence-electron chi connectivity index (χ2n) is 5.48. The molecule has 0 amide bonds. The van der Waals surface area contributed by atoms with Crippen LogP contribution in [0.1, 0.15) is 5.69 Å². The standard InChI is InChI=1S/C18H14N4O/c1-10-18(22-7-6-21-10)17-13-4-2-11(19)8-15(13)23-16-9-12(20)3-5-14(16)17/h2-9,19H,20H2,1H3/p+1. The first kappa shape index (κ1) is 13.5. The van der Waals surface area contributed by atoms with Gasteiger partial charge in [0.05, 0.1) is 17.5 Å². The molecule has 2 aromatic rings. The summed E-state index contributed by atoms with van der Waals surface area (Å²) < 4.78 is 6.00. The van der Waals surface area contributed by atoms with Crippen LogP contribution in [0, 0.1) is 6.92 Å². The highest BCUT2D eigenvalue weighted by molar-refractivity contribution is 6.01. The van der Waals surface area contributed by atoms with Gasteiger partial charge in [0, 0.05) is 46.7 Å². The lowest BCUT2D eigenvalue weighted by molar-refractivity contribution is -0.172. The molecule has 0 fully saturated rings. The van der Waals surface area contributed by atoms with Crippen LogP contribution in [0.15, 0.2) is 53.2 Å². The number of aryl methyl sites for hydroxylation is 1. The van der Waals surface area contributed by atoms with Gasteiger partial charge in [-0.2, -0.15) is 0 Å². The lowest BCUT2D eigenvalue weighted by atomic mass is 9.96. The summed E-state index contributed by atoms with van der Waals surface area (Å²) in [4.78, 5) is 8.89. The van der Waals surface area contributed by atoms with Crippen LogP contribution in [-0.2, 0) is 0 Å². The lowest BCUT2D eigenvalue weighted by Crippen LogP contribution is -2.44. The van der Waals surface area contributed by atoms with Crippen molar-refractivity contribution in [3.63, 3.8) is 0 Å². The van der Waals surface area contributed by atoms with Crippen LogP contribution in [0.5, 0.6) is 0 Å². The van der Waals surface area contributed by atoms with E-state index in [-0.39, 0.29) is 0 Å². The number of nitrogens with two attached hydrogens (primary N) is 2. The number of rotatable bonds is 1. The fourth-order valence-electron chi connectivity index (χ4n) is 2.83. The fourth-order valence-corrected chi connectivity index (χ4v) is 2.83. The molecule has 5 heteroatoms. The van der Waals surface area contributed by atoms with Gasteiger partial charge in [-0.1, -0.05) is 0 Å². The minimum absolute atomic E-state index is 0.645. The van der Waals surface area contributed by atoms with Gasteiger partial charge < -0.3 is 10.2 Å². The highest BCUT2D eigenvalue weighted by Crippen LogP contribution is 2.39. The first-order valence-corrected chi connectivity index (χ1v) is 7.26. The molecule has 1 aliphatic heterocycles. The summed E-state index contributed by atoms with van der Waals surface area (Å²) in [6.45, 7) is 1.94. The third-order valence-corrected chi connectivity index (χ3v) is 3.89. The second-order valence-corrected chi connectivity index (χ2v) is 5.48. The van der Waals surface area contributed by atoms with Crippen molar-refractivity contribution in [1.82, 2.24) is 9.97 Å². The number of nitrogens with zero attached hydrogens (tertiary/aromatic N) is 2. The molecule has 1 aromatic carbocycles. The Balaban J connectivity index is 2.23. The van der Waals surface area contributed by atoms with Crippen molar-refractivity contribution in [2.75, 3.05) is 5.73 Å². The Hall–Kier alpha value is -3.21. The SMILES string of the molecule is Cc1nccnc1-c1c2ccc(=[NH2+])cc-2oc2cc(N)ccc12. The van der Waals surface area contributed by atoms with Crippen molar-refractivity contribution >= 4 is 16.7 Å². The maximum Gasteiger partial charge on any atom is 0.200 e. The van der Waals surface area contributed by atoms with Gasteiger partial charge in [0.1, 0.15) is 11.3 Å². The predicted octanol–water partition coefficient (Wildman–Crippen LogP) is 1.55. The summed E-state index contributed by atoms with van der Waals surface area (Å²) in [5, 5.41) is 7.49. The van der Waals surface area contributed by atoms with E-state index in [1.807, 2.05) is 43.3 Å². The van der Waals surface area contributed by atoms with Crippen molar-refractivity contribution in [2.45, 2.75) is 6.92 Å². The number of hydrogen-bond donors (Lipinski definition) is 2. The van der Waals surface area contributed by atoms with Gasteiger partial charge in [-0.15, -0.1) is 0 Å². The third-order valence-electron chi connectivity index (χ3n) is 3.89. The first-order valence-electron chi connectivity index (χ1n) is 7.26. The van der Waals surface area contributed by atoms with E-state index in [4.69, 9.17) is 15.6 Å². The van der Waals surface area contributed by atoms with Gasteiger partial charge >= 0.3 is 0 Å². The lowest BCUT2D eigenvalue weighted by Gasteiger charge is -2.15. The molecule has 0 radical (unpaired) electrons. The van der Waals surface area contributed by atoms with Crippen molar-refractivity contribution in [3.8, 4) is 22.6 Å². The second kappa shape index (κ2) is 4.91. The van der Waals surface area contributed by atoms with E-state index in [9.17, 15) is 0 Å². The molecule has 0 saturated heterocycles. The Morgan fingerprint density at radius 2 is 1.87 bits per heavy atom. The molecule has 0 saturated carbocycles. The zero-order chi connectivity index (χ0) is 16.0. The Morgan fingerprint density at radius 3 is 2.70 bits per heavy atom. The Labute approximate surface area is 132 Å². The average Bonchev–Trinajstić information content (AvgIpc) is 2.53. The van der Waals surface area contributed by atoms with Crippen molar-refractivity contribution in [2.24, 2.45) is 0 Å². The van der Waals surface area contributed by atoms with Crippen LogP contribution in [0.3, 0.4) is 0 Å². The summed E-state index contributed by atoms with van der Waals surface area (Å²) >= 11 is 0. The highest BCUT2D eigenvalue weighted by atomic mass is 16.3. The number of nitrogen functional groups attached to an aromatic ring is 1. The molecule has 2 aliphatic rings. The molecule has 1 aliphatic carbocycles. The number of benzene rings is 2. The Kier molecular flexibility index (Phi) is 2.87. The van der Waals surface area contributed by atoms with E-state index in [1.54, 1.807) is 12.4 Å². The van der Waals surface area contributed by atoms with Gasteiger partial charge in [-0.05, 0) is 25.1 Å². The topological polar surface area (TPSA) is 90.5 Å². The summed E-state index contributed by atoms with van der Waals surface area (Å²) in [5.41, 5.74) is 10.9. The van der Waals surface area contributed by atoms with Crippen molar-refractivity contribution in [1.29, 1.82) is 0 Å². The molecule has 112 valence electrons. The zero-order valence-corrected chi connectivity index (χ0v) is 12.6. The van der Waals surface area contributed by atoms with E-state index in [2.05, 4.69) is 9.97 Å². The number of anilines is 1. The van der Waals surface area contributed by atoms with E-state index in [0.29, 0.717) is 22.4 Å². The van der Waals surface area contributed by atoms with Gasteiger partial charge in [0.25, 0.3) is 0 Å². The molecular formula is C18H15N4O+. The molecule has 5 nitrogen and oxygen atoms in total. The number of hydrogen-bond acceptors (Lipinski definition) is 4. The highest BCUT2D eigenvalue weighted by Gasteiger charge is 2.19. The smallest absolute Gasteiger partial charge is 0.200 e. The molecule has 2 heterocycles. The molecule has 0 unspecified atom stereocenters. The molecule has 1 aromatic heterocycles. The van der Waals surface area contributed by atoms with Gasteiger partial charge in [0.15, 0.2) is 5.36 Å². The predicted molar refractivity (Wildman–Crippen MR) is 88.1 cm³/mol. The van der Waals surface area contributed by atoms with Gasteiger partial charge in [-0.25, -0.2) is 0 Å². The van der Waals surface area contributed by atoms with E-state index in [0.717, 1.165) is 27.9 Å². The first-order chi connectivity index (χ1) is 11.1. The quantitative estimate of drug-likeness (QED) is 0.412. The van der Waals surface area contributed by atoms with Crippen LogP contribution < -0.4 is 16.5 Å². The fraction of sp³-hybridized carbons (Fsp3) is 0.0556. The number of fused-ring (bicyclic) bond motifs is 2. The molecule has 0 spiro atoms. The van der Waals surface area contributed by atoms with Crippen LogP contribution >= 0.6 is 0 Å². The average molecular weight is 303 g/mol. The monoisotopic (exact) mass is 303 g/mol. The zero-order valence-electron chi connectivity index (χ0n) is 12.6. The van der Waals surface area contributed by atoms with E-state index in [1.165, 1.54) is 0 Å². The molecule has 23 heavy (non-hydrogen) atoms. The summed E-state index contributed by atoms with van der Waals surface area (Å²) in [6, 6.07) is 11.2. The Bertz CT molecular complexity index is 1070. The summed E-state index contributed by atoms with van der Waals surface area (Å²) in [7, 11) is 0. The largest absolute Gasteiger partial charge is 0.456 e. The van der Waals surface area contributed by atoms with Crippen LogP contribution in [0.25, 0.3) is 33.6 Å². The maximum absolute atomic E-state index is 6.00. The van der Waals surface area contributed by atoms with Gasteiger partial charge in [-0.3, -0.25) is 15.4 Å². The van der Waals surface area contributed by atoms with Crippen LogP contribution in [0.4, 0.5) is 5.69 Å². The van der Waals surface area contributed by atoms with Crippen molar-refractivity contribution in [3.05, 3.63) is 59.8 Å². The van der Waals surface area contributed by atoms with Crippen molar-refractivity contribution < 1.29 is 9.83 Å². The Morgan fingerprint density at radius 1 is 1.04 bits per heavy atom. The number of aromatic nitrogens is 2. The minimum Gasteiger partial charge on any atom is -0.456 e. The normalized spacial score (nSPS) is 11.2. The molecular weight excluding hydrogens is 288 g/mol. The molecule has 0 bridgehead atoms. The van der Waals surface area contributed by atoms with E-state index >= 15 is 0 Å². The molecule has 4 N–H and O–H groups in total. The molecule has 4 rings (SSSR count). The van der Waals surface area contributed by atoms with E-state index < -0.39 is 0 Å². The third kappa shape index (κ3) is 2.14. The summed E-state index contributed by atoms with van der Waals surface area (Å²) in [6.07, 6.45) is 3.38. The minimum atomic E-state index is 0.645. The maximum atomic E-state index is 6.00. The molecule has 0 atom stereocenters. The van der Waals surface area contributed by atoms with Crippen LogP contribution in [-0.4, -0.2) is 9.97 Å².